The van der Waals surface area contributed by atoms with Gasteiger partial charge in [-0.15, -0.1) is 0 Å². The number of ether oxygens (including phenoxy) is 2. The van der Waals surface area contributed by atoms with Crippen LogP contribution in [0.15, 0.2) is 35.4 Å². The summed E-state index contributed by atoms with van der Waals surface area (Å²) in [6.07, 6.45) is 2.70. The van der Waals surface area contributed by atoms with Gasteiger partial charge in [-0.2, -0.15) is 5.26 Å². The first kappa shape index (κ1) is 15.2. The highest BCUT2D eigenvalue weighted by Gasteiger charge is 2.12. The summed E-state index contributed by atoms with van der Waals surface area (Å²) in [7, 11) is 1.47. The van der Waals surface area contributed by atoms with Gasteiger partial charge < -0.3 is 9.47 Å². The number of carbonyl (C=O) groups excluding carboxylic acids is 1. The predicted octanol–water partition coefficient (Wildman–Crippen LogP) is 0.655. The van der Waals surface area contributed by atoms with Crippen LogP contribution in [-0.2, 0) is 11.3 Å². The molecule has 0 atom stereocenters. The van der Waals surface area contributed by atoms with E-state index < -0.39 is 11.5 Å². The lowest BCUT2D eigenvalue weighted by Crippen LogP contribution is -2.17. The molecule has 0 saturated heterocycles. The number of nitrogens with zero attached hydrogens (tertiary/aromatic N) is 4. The maximum absolute atomic E-state index is 12.0. The molecule has 0 aliphatic rings. The van der Waals surface area contributed by atoms with Crippen molar-refractivity contribution in [2.24, 2.45) is 0 Å². The van der Waals surface area contributed by atoms with Crippen LogP contribution >= 0.6 is 0 Å². The Labute approximate surface area is 135 Å². The summed E-state index contributed by atoms with van der Waals surface area (Å²) in [4.78, 5) is 32.0. The molecule has 9 nitrogen and oxygen atoms in total. The molecule has 0 aliphatic carbocycles. The first-order chi connectivity index (χ1) is 11.6. The fourth-order valence-electron chi connectivity index (χ4n) is 2.03. The molecule has 3 heterocycles. The fraction of sp³-hybridized carbons (Fsp3) is 0.133. The van der Waals surface area contributed by atoms with E-state index in [0.29, 0.717) is 5.88 Å². The van der Waals surface area contributed by atoms with Gasteiger partial charge in [-0.05, 0) is 6.07 Å². The molecule has 0 bridgehead atoms. The zero-order chi connectivity index (χ0) is 17.1. The Morgan fingerprint density at radius 1 is 1.46 bits per heavy atom. The molecule has 0 unspecified atom stereocenters. The van der Waals surface area contributed by atoms with Crippen LogP contribution in [0, 0.1) is 11.3 Å². The summed E-state index contributed by atoms with van der Waals surface area (Å²) in [6.45, 7) is -0.202. The van der Waals surface area contributed by atoms with E-state index in [1.54, 1.807) is 0 Å². The monoisotopic (exact) mass is 325 g/mol. The first-order valence-corrected chi connectivity index (χ1v) is 6.79. The number of esters is 1. The van der Waals surface area contributed by atoms with Crippen molar-refractivity contribution < 1.29 is 14.3 Å². The van der Waals surface area contributed by atoms with Crippen molar-refractivity contribution >= 4 is 11.6 Å². The Balaban J connectivity index is 1.78. The van der Waals surface area contributed by atoms with Crippen molar-refractivity contribution in [2.45, 2.75) is 6.61 Å². The van der Waals surface area contributed by atoms with Gasteiger partial charge in [0, 0.05) is 24.5 Å². The minimum absolute atomic E-state index is 0.183. The van der Waals surface area contributed by atoms with Crippen molar-refractivity contribution in [3.63, 3.8) is 0 Å². The van der Waals surface area contributed by atoms with Crippen molar-refractivity contribution in [1.29, 1.82) is 5.26 Å². The number of nitrogens with one attached hydrogen (secondary N) is 1. The molecule has 0 aromatic carbocycles. The van der Waals surface area contributed by atoms with E-state index in [1.165, 1.54) is 37.7 Å². The molecule has 3 aromatic rings. The lowest BCUT2D eigenvalue weighted by Gasteiger charge is -2.05. The molecule has 0 saturated carbocycles. The van der Waals surface area contributed by atoms with E-state index in [2.05, 4.69) is 15.1 Å². The van der Waals surface area contributed by atoms with E-state index >= 15 is 0 Å². The van der Waals surface area contributed by atoms with E-state index in [4.69, 9.17) is 14.7 Å². The molecule has 9 heteroatoms. The number of pyridine rings is 1. The van der Waals surface area contributed by atoms with E-state index in [9.17, 15) is 9.59 Å². The Hall–Kier alpha value is -3.67. The molecule has 3 aromatic heterocycles. The summed E-state index contributed by atoms with van der Waals surface area (Å²) < 4.78 is 11.2. The molecular formula is C15H11N5O4. The topological polar surface area (TPSA) is 122 Å². The second-order valence-corrected chi connectivity index (χ2v) is 4.71. The van der Waals surface area contributed by atoms with Crippen molar-refractivity contribution in [2.75, 3.05) is 7.11 Å². The summed E-state index contributed by atoms with van der Waals surface area (Å²) in [6, 6.07) is 6.20. The average Bonchev–Trinajstić information content (AvgIpc) is 3.03. The third kappa shape index (κ3) is 2.80. The summed E-state index contributed by atoms with van der Waals surface area (Å²) in [5.74, 6) is -0.232. The molecule has 0 aliphatic heterocycles. The second kappa shape index (κ2) is 6.21. The second-order valence-electron chi connectivity index (χ2n) is 4.71. The van der Waals surface area contributed by atoms with Gasteiger partial charge in [0.2, 0.25) is 5.88 Å². The number of aromatic amines is 1. The maximum atomic E-state index is 12.0. The number of carbonyl (C=O) groups is 1. The number of hydrogen-bond acceptors (Lipinski definition) is 7. The Bertz CT molecular complexity index is 997. The van der Waals surface area contributed by atoms with Crippen LogP contribution in [-0.4, -0.2) is 32.7 Å². The van der Waals surface area contributed by atoms with Gasteiger partial charge in [-0.25, -0.2) is 19.3 Å². The number of H-pyrrole nitrogens is 1. The van der Waals surface area contributed by atoms with Crippen molar-refractivity contribution in [1.82, 2.24) is 19.6 Å². The molecule has 0 radical (unpaired) electrons. The molecule has 0 amide bonds. The number of nitriles is 1. The zero-order valence-corrected chi connectivity index (χ0v) is 12.5. The minimum atomic E-state index is -0.610. The minimum Gasteiger partial charge on any atom is -0.481 e. The third-order valence-corrected chi connectivity index (χ3v) is 3.20. The van der Waals surface area contributed by atoms with Crippen molar-refractivity contribution in [3.8, 4) is 11.9 Å². The van der Waals surface area contributed by atoms with Crippen LogP contribution in [0.5, 0.6) is 5.88 Å². The quantitative estimate of drug-likeness (QED) is 0.699. The predicted molar refractivity (Wildman–Crippen MR) is 80.4 cm³/mol. The van der Waals surface area contributed by atoms with Crippen LogP contribution in [0.3, 0.4) is 0 Å². The van der Waals surface area contributed by atoms with E-state index in [-0.39, 0.29) is 29.1 Å². The first-order valence-electron chi connectivity index (χ1n) is 6.79. The van der Waals surface area contributed by atoms with Gasteiger partial charge in [0.1, 0.15) is 18.2 Å². The normalized spacial score (nSPS) is 10.3. The van der Waals surface area contributed by atoms with Gasteiger partial charge in [-0.1, -0.05) is 0 Å². The Kier molecular flexibility index (Phi) is 3.94. The zero-order valence-electron chi connectivity index (χ0n) is 12.5. The largest absolute Gasteiger partial charge is 0.481 e. The van der Waals surface area contributed by atoms with Crippen molar-refractivity contribution in [3.05, 3.63) is 57.8 Å². The summed E-state index contributed by atoms with van der Waals surface area (Å²) >= 11 is 0. The van der Waals surface area contributed by atoms with Gasteiger partial charge in [-0.3, -0.25) is 9.89 Å². The van der Waals surface area contributed by atoms with E-state index in [1.807, 2.05) is 6.07 Å². The number of aromatic nitrogens is 4. The highest BCUT2D eigenvalue weighted by Crippen LogP contribution is 2.10. The van der Waals surface area contributed by atoms with Gasteiger partial charge in [0.15, 0.2) is 5.65 Å². The van der Waals surface area contributed by atoms with Gasteiger partial charge in [0.05, 0.1) is 18.4 Å². The van der Waals surface area contributed by atoms with Gasteiger partial charge >= 0.3 is 5.97 Å². The standard InChI is InChI=1S/C15H11N5O4/c1-23-12-3-2-9(6-17-12)15(22)24-8-11-4-13(21)20-14(19-11)10(5-16)7-18-20/h2-4,6-7,18H,8H2,1H3. The molecule has 24 heavy (non-hydrogen) atoms. The molecule has 1 N–H and O–H groups in total. The average molecular weight is 325 g/mol. The smallest absolute Gasteiger partial charge is 0.340 e. The number of fused-ring (bicyclic) bond motifs is 1. The van der Waals surface area contributed by atoms with Crippen LogP contribution in [0.2, 0.25) is 0 Å². The lowest BCUT2D eigenvalue weighted by atomic mass is 10.3. The van der Waals surface area contributed by atoms with Crippen LogP contribution in [0.25, 0.3) is 5.65 Å². The van der Waals surface area contributed by atoms with Gasteiger partial charge in [0.25, 0.3) is 5.56 Å². The highest BCUT2D eigenvalue weighted by atomic mass is 16.5. The summed E-state index contributed by atoms with van der Waals surface area (Å²) in [5.41, 5.74) is 0.485. The number of hydrogen-bond donors (Lipinski definition) is 1. The maximum Gasteiger partial charge on any atom is 0.340 e. The van der Waals surface area contributed by atoms with E-state index in [0.717, 1.165) is 4.52 Å². The molecule has 0 fully saturated rings. The molecule has 3 rings (SSSR count). The SMILES string of the molecule is COc1ccc(C(=O)OCc2cc(=O)n3[nH]cc(C#N)c3n2)cn1. The Morgan fingerprint density at radius 3 is 2.96 bits per heavy atom. The van der Waals surface area contributed by atoms with Crippen LogP contribution < -0.4 is 10.3 Å². The molecular weight excluding hydrogens is 314 g/mol. The number of rotatable bonds is 4. The molecule has 0 spiro atoms. The van der Waals surface area contributed by atoms with Crippen LogP contribution in [0.4, 0.5) is 0 Å². The Morgan fingerprint density at radius 2 is 2.29 bits per heavy atom. The number of methoxy groups -OCH3 is 1. The highest BCUT2D eigenvalue weighted by molar-refractivity contribution is 5.89. The lowest BCUT2D eigenvalue weighted by molar-refractivity contribution is 0.0467. The fourth-order valence-corrected chi connectivity index (χ4v) is 2.03. The molecule has 120 valence electrons. The third-order valence-electron chi connectivity index (χ3n) is 3.20. The summed E-state index contributed by atoms with van der Waals surface area (Å²) in [5, 5.41) is 11.6. The van der Waals surface area contributed by atoms with Crippen LogP contribution in [0.1, 0.15) is 21.6 Å².